The van der Waals surface area contributed by atoms with Crippen molar-refractivity contribution >= 4 is 5.82 Å². The molecule has 1 atom stereocenters. The van der Waals surface area contributed by atoms with E-state index in [1.54, 1.807) is 7.05 Å². The number of nitrogens with zero attached hydrogens (tertiary/aromatic N) is 2. The van der Waals surface area contributed by atoms with E-state index in [0.29, 0.717) is 11.4 Å². The van der Waals surface area contributed by atoms with Crippen LogP contribution in [-0.4, -0.2) is 9.78 Å². The molecular formula is C11H13F2N5. The van der Waals surface area contributed by atoms with Crippen LogP contribution in [0.25, 0.3) is 0 Å². The molecule has 0 aliphatic rings. The molecular weight excluding hydrogens is 240 g/mol. The zero-order valence-electron chi connectivity index (χ0n) is 9.69. The number of aryl methyl sites for hydroxylation is 1. The standard InChI is InChI=1S/C11H13F2N5/c1-18-11(14)8(5-16-18)10(17-15)7-3-2-6(12)4-9(7)13/h2-5,10,17H,14-15H2,1H3. The minimum Gasteiger partial charge on any atom is -0.384 e. The van der Waals surface area contributed by atoms with Gasteiger partial charge in [0, 0.05) is 24.2 Å². The van der Waals surface area contributed by atoms with E-state index in [1.807, 2.05) is 0 Å². The van der Waals surface area contributed by atoms with Crippen LogP contribution in [-0.2, 0) is 7.05 Å². The van der Waals surface area contributed by atoms with Crippen molar-refractivity contribution in [2.24, 2.45) is 12.9 Å². The highest BCUT2D eigenvalue weighted by atomic mass is 19.1. The number of halogens is 2. The van der Waals surface area contributed by atoms with Crippen molar-refractivity contribution in [3.8, 4) is 0 Å². The van der Waals surface area contributed by atoms with Gasteiger partial charge in [0.1, 0.15) is 17.5 Å². The van der Waals surface area contributed by atoms with Crippen molar-refractivity contribution in [3.05, 3.63) is 47.2 Å². The Morgan fingerprint density at radius 2 is 2.06 bits per heavy atom. The molecule has 0 bridgehead atoms. The summed E-state index contributed by atoms with van der Waals surface area (Å²) in [5, 5.41) is 3.96. The molecule has 0 spiro atoms. The second-order valence-corrected chi connectivity index (χ2v) is 3.87. The second-order valence-electron chi connectivity index (χ2n) is 3.87. The van der Waals surface area contributed by atoms with Gasteiger partial charge in [0.15, 0.2) is 0 Å². The molecule has 18 heavy (non-hydrogen) atoms. The highest BCUT2D eigenvalue weighted by molar-refractivity contribution is 5.45. The monoisotopic (exact) mass is 253 g/mol. The van der Waals surface area contributed by atoms with Crippen LogP contribution in [0.3, 0.4) is 0 Å². The van der Waals surface area contributed by atoms with Crippen LogP contribution in [0.2, 0.25) is 0 Å². The van der Waals surface area contributed by atoms with Crippen LogP contribution in [0.15, 0.2) is 24.4 Å². The normalized spacial score (nSPS) is 12.7. The Bertz CT molecular complexity index is 567. The van der Waals surface area contributed by atoms with E-state index in [0.717, 1.165) is 12.1 Å². The number of anilines is 1. The maximum absolute atomic E-state index is 13.7. The molecule has 0 fully saturated rings. The summed E-state index contributed by atoms with van der Waals surface area (Å²) in [6, 6.07) is 2.60. The van der Waals surface area contributed by atoms with Crippen LogP contribution in [0, 0.1) is 11.6 Å². The largest absolute Gasteiger partial charge is 0.384 e. The lowest BCUT2D eigenvalue weighted by Gasteiger charge is -2.16. The molecule has 1 aromatic carbocycles. The molecule has 0 aliphatic carbocycles. The van der Waals surface area contributed by atoms with E-state index in [9.17, 15) is 8.78 Å². The number of nitrogen functional groups attached to an aromatic ring is 1. The van der Waals surface area contributed by atoms with Crippen LogP contribution in [0.5, 0.6) is 0 Å². The van der Waals surface area contributed by atoms with Crippen molar-refractivity contribution in [3.63, 3.8) is 0 Å². The number of hydrazine groups is 1. The first kappa shape index (κ1) is 12.5. The second kappa shape index (κ2) is 4.71. The van der Waals surface area contributed by atoms with Crippen molar-refractivity contribution < 1.29 is 8.78 Å². The van der Waals surface area contributed by atoms with Gasteiger partial charge in [-0.3, -0.25) is 10.5 Å². The molecule has 2 aromatic rings. The van der Waals surface area contributed by atoms with Gasteiger partial charge in [-0.05, 0) is 6.07 Å². The number of hydrogen-bond acceptors (Lipinski definition) is 4. The van der Waals surface area contributed by atoms with E-state index >= 15 is 0 Å². The average molecular weight is 253 g/mol. The first-order valence-corrected chi connectivity index (χ1v) is 5.23. The molecule has 96 valence electrons. The lowest BCUT2D eigenvalue weighted by molar-refractivity contribution is 0.542. The summed E-state index contributed by atoms with van der Waals surface area (Å²) in [7, 11) is 1.66. The van der Waals surface area contributed by atoms with Crippen LogP contribution < -0.4 is 17.0 Å². The molecule has 0 amide bonds. The molecule has 7 heteroatoms. The molecule has 2 rings (SSSR count). The number of rotatable bonds is 3. The van der Waals surface area contributed by atoms with Crippen molar-refractivity contribution in [1.29, 1.82) is 0 Å². The first-order chi connectivity index (χ1) is 8.54. The topological polar surface area (TPSA) is 81.9 Å². The molecule has 1 unspecified atom stereocenters. The number of benzene rings is 1. The van der Waals surface area contributed by atoms with Gasteiger partial charge in [-0.1, -0.05) is 6.07 Å². The molecule has 5 nitrogen and oxygen atoms in total. The van der Waals surface area contributed by atoms with Crippen LogP contribution >= 0.6 is 0 Å². The minimum absolute atomic E-state index is 0.207. The van der Waals surface area contributed by atoms with Gasteiger partial charge >= 0.3 is 0 Å². The zero-order chi connectivity index (χ0) is 13.3. The Morgan fingerprint density at radius 3 is 2.56 bits per heavy atom. The number of hydrogen-bond donors (Lipinski definition) is 3. The molecule has 0 saturated heterocycles. The zero-order valence-corrected chi connectivity index (χ0v) is 9.69. The van der Waals surface area contributed by atoms with Gasteiger partial charge in [-0.25, -0.2) is 14.2 Å². The van der Waals surface area contributed by atoms with Crippen molar-refractivity contribution in [1.82, 2.24) is 15.2 Å². The predicted octanol–water partition coefficient (Wildman–Crippen LogP) is 0.833. The third-order valence-corrected chi connectivity index (χ3v) is 2.77. The maximum atomic E-state index is 13.7. The summed E-state index contributed by atoms with van der Waals surface area (Å²) in [4.78, 5) is 0. The first-order valence-electron chi connectivity index (χ1n) is 5.23. The molecule has 1 aromatic heterocycles. The fraction of sp³-hybridized carbons (Fsp3) is 0.182. The molecule has 0 radical (unpaired) electrons. The maximum Gasteiger partial charge on any atom is 0.131 e. The summed E-state index contributed by atoms with van der Waals surface area (Å²) < 4.78 is 28.0. The van der Waals surface area contributed by atoms with Gasteiger partial charge in [-0.2, -0.15) is 5.10 Å². The fourth-order valence-corrected chi connectivity index (χ4v) is 1.77. The van der Waals surface area contributed by atoms with E-state index in [-0.39, 0.29) is 5.56 Å². The van der Waals surface area contributed by atoms with Gasteiger partial charge in [-0.15, -0.1) is 0 Å². The van der Waals surface area contributed by atoms with E-state index < -0.39 is 17.7 Å². The minimum atomic E-state index is -0.693. The number of nitrogens with two attached hydrogens (primary N) is 2. The highest BCUT2D eigenvalue weighted by Gasteiger charge is 2.21. The summed E-state index contributed by atoms with van der Waals surface area (Å²) in [6.07, 6.45) is 1.49. The lowest BCUT2D eigenvalue weighted by atomic mass is 10.0. The Hall–Kier alpha value is -1.99. The smallest absolute Gasteiger partial charge is 0.131 e. The van der Waals surface area contributed by atoms with Crippen LogP contribution in [0.1, 0.15) is 17.2 Å². The Kier molecular flexibility index (Phi) is 3.26. The van der Waals surface area contributed by atoms with Crippen LogP contribution in [0.4, 0.5) is 14.6 Å². The van der Waals surface area contributed by atoms with Crippen molar-refractivity contribution in [2.45, 2.75) is 6.04 Å². The average Bonchev–Trinajstić information content (AvgIpc) is 2.65. The number of aromatic nitrogens is 2. The molecule has 0 aliphatic heterocycles. The fourth-order valence-electron chi connectivity index (χ4n) is 1.77. The lowest BCUT2D eigenvalue weighted by Crippen LogP contribution is -2.30. The molecule has 5 N–H and O–H groups in total. The van der Waals surface area contributed by atoms with E-state index in [4.69, 9.17) is 11.6 Å². The van der Waals surface area contributed by atoms with Gasteiger partial charge in [0.25, 0.3) is 0 Å². The predicted molar refractivity (Wildman–Crippen MR) is 63.1 cm³/mol. The summed E-state index contributed by atoms with van der Waals surface area (Å²) in [6.45, 7) is 0. The van der Waals surface area contributed by atoms with Gasteiger partial charge in [0.2, 0.25) is 0 Å². The Morgan fingerprint density at radius 1 is 1.33 bits per heavy atom. The Balaban J connectivity index is 2.48. The third-order valence-electron chi connectivity index (χ3n) is 2.77. The summed E-state index contributed by atoms with van der Waals surface area (Å²) >= 11 is 0. The third kappa shape index (κ3) is 2.05. The van der Waals surface area contributed by atoms with E-state index in [1.165, 1.54) is 16.9 Å². The SMILES string of the molecule is Cn1ncc(C(NN)c2ccc(F)cc2F)c1N. The Labute approximate surface area is 102 Å². The summed E-state index contributed by atoms with van der Waals surface area (Å²) in [5.41, 5.74) is 9.00. The van der Waals surface area contributed by atoms with Gasteiger partial charge < -0.3 is 5.73 Å². The highest BCUT2D eigenvalue weighted by Crippen LogP contribution is 2.27. The number of nitrogens with one attached hydrogen (secondary N) is 1. The van der Waals surface area contributed by atoms with Crippen molar-refractivity contribution in [2.75, 3.05) is 5.73 Å². The molecule has 0 saturated carbocycles. The molecule has 1 heterocycles. The summed E-state index contributed by atoms with van der Waals surface area (Å²) in [5.74, 6) is 4.44. The van der Waals surface area contributed by atoms with E-state index in [2.05, 4.69) is 10.5 Å². The quantitative estimate of drug-likeness (QED) is 0.559. The van der Waals surface area contributed by atoms with Gasteiger partial charge in [0.05, 0.1) is 12.2 Å².